The van der Waals surface area contributed by atoms with Crippen LogP contribution >= 0.6 is 0 Å². The highest BCUT2D eigenvalue weighted by Crippen LogP contribution is 2.32. The number of ether oxygens (including phenoxy) is 3. The van der Waals surface area contributed by atoms with Gasteiger partial charge in [0.15, 0.2) is 17.5 Å². The summed E-state index contributed by atoms with van der Waals surface area (Å²) in [6.45, 7) is 2.66. The Morgan fingerprint density at radius 3 is 2.50 bits per heavy atom. The quantitative estimate of drug-likeness (QED) is 0.637. The van der Waals surface area contributed by atoms with Crippen molar-refractivity contribution in [2.75, 3.05) is 32.7 Å². The van der Waals surface area contributed by atoms with Gasteiger partial charge in [-0.2, -0.15) is 0 Å². The standard InChI is InChI=1S/C20H25N3O3/c1-21-20(22-13-15-4-6-16(7-5-15)14-24-2)23-17-8-9-18-19(12-17)26-11-3-10-25-18/h4-9,12H,3,10-11,13-14H2,1-2H3,(H2,21,22,23). The number of hydrogen-bond acceptors (Lipinski definition) is 4. The van der Waals surface area contributed by atoms with Crippen molar-refractivity contribution in [2.24, 2.45) is 4.99 Å². The van der Waals surface area contributed by atoms with E-state index in [1.807, 2.05) is 18.2 Å². The molecule has 0 saturated heterocycles. The summed E-state index contributed by atoms with van der Waals surface area (Å²) in [5, 5.41) is 6.60. The SMILES string of the molecule is CN=C(NCc1ccc(COC)cc1)Nc1ccc2c(c1)OCCCO2. The van der Waals surface area contributed by atoms with E-state index in [2.05, 4.69) is 39.9 Å². The number of aliphatic imine (C=N–C) groups is 1. The number of methoxy groups -OCH3 is 1. The fourth-order valence-corrected chi connectivity index (χ4v) is 2.66. The highest BCUT2D eigenvalue weighted by Gasteiger charge is 2.11. The van der Waals surface area contributed by atoms with Crippen LogP contribution in [-0.2, 0) is 17.9 Å². The van der Waals surface area contributed by atoms with Crippen LogP contribution in [0.2, 0.25) is 0 Å². The molecule has 1 aliphatic heterocycles. The summed E-state index contributed by atoms with van der Waals surface area (Å²) >= 11 is 0. The molecule has 0 saturated carbocycles. The fourth-order valence-electron chi connectivity index (χ4n) is 2.66. The maximum Gasteiger partial charge on any atom is 0.195 e. The molecule has 1 aliphatic rings. The number of anilines is 1. The normalized spacial score (nSPS) is 13.8. The Morgan fingerprint density at radius 2 is 1.77 bits per heavy atom. The van der Waals surface area contributed by atoms with E-state index in [-0.39, 0.29) is 0 Å². The zero-order valence-electron chi connectivity index (χ0n) is 15.2. The molecule has 0 unspecified atom stereocenters. The summed E-state index contributed by atoms with van der Waals surface area (Å²) in [6.07, 6.45) is 0.893. The second-order valence-electron chi connectivity index (χ2n) is 6.01. The molecule has 0 bridgehead atoms. The molecule has 0 radical (unpaired) electrons. The summed E-state index contributed by atoms with van der Waals surface area (Å²) in [5.41, 5.74) is 3.23. The molecule has 2 aromatic carbocycles. The number of fused-ring (bicyclic) bond motifs is 1. The van der Waals surface area contributed by atoms with Gasteiger partial charge in [-0.15, -0.1) is 0 Å². The van der Waals surface area contributed by atoms with E-state index in [1.165, 1.54) is 5.56 Å². The number of nitrogens with zero attached hydrogens (tertiary/aromatic N) is 1. The van der Waals surface area contributed by atoms with Crippen LogP contribution in [0.25, 0.3) is 0 Å². The molecule has 0 atom stereocenters. The number of guanidine groups is 1. The average molecular weight is 355 g/mol. The number of nitrogens with one attached hydrogen (secondary N) is 2. The molecule has 0 aromatic heterocycles. The van der Waals surface area contributed by atoms with E-state index in [0.717, 1.165) is 29.2 Å². The summed E-state index contributed by atoms with van der Waals surface area (Å²) in [4.78, 5) is 4.28. The van der Waals surface area contributed by atoms with Crippen LogP contribution in [0.5, 0.6) is 11.5 Å². The highest BCUT2D eigenvalue weighted by molar-refractivity contribution is 5.93. The van der Waals surface area contributed by atoms with E-state index in [9.17, 15) is 0 Å². The number of rotatable bonds is 5. The topological polar surface area (TPSA) is 64.1 Å². The van der Waals surface area contributed by atoms with Crippen LogP contribution in [-0.4, -0.2) is 33.3 Å². The third kappa shape index (κ3) is 4.89. The average Bonchev–Trinajstić information content (AvgIpc) is 2.91. The zero-order valence-corrected chi connectivity index (χ0v) is 15.2. The maximum absolute atomic E-state index is 5.73. The van der Waals surface area contributed by atoms with Crippen LogP contribution < -0.4 is 20.1 Å². The lowest BCUT2D eigenvalue weighted by Gasteiger charge is -2.14. The molecule has 1 heterocycles. The highest BCUT2D eigenvalue weighted by atomic mass is 16.5. The van der Waals surface area contributed by atoms with Gasteiger partial charge in [-0.25, -0.2) is 0 Å². The second-order valence-corrected chi connectivity index (χ2v) is 6.01. The van der Waals surface area contributed by atoms with E-state index in [4.69, 9.17) is 14.2 Å². The molecule has 2 aromatic rings. The van der Waals surface area contributed by atoms with Crippen LogP contribution in [0.3, 0.4) is 0 Å². The van der Waals surface area contributed by atoms with E-state index >= 15 is 0 Å². The lowest BCUT2D eigenvalue weighted by molar-refractivity contribution is 0.185. The minimum absolute atomic E-state index is 0.626. The molecular formula is C20H25N3O3. The smallest absolute Gasteiger partial charge is 0.195 e. The molecule has 6 heteroatoms. The first-order chi connectivity index (χ1) is 12.8. The number of benzene rings is 2. The predicted octanol–water partition coefficient (Wildman–Crippen LogP) is 3.18. The van der Waals surface area contributed by atoms with Gasteiger partial charge in [-0.05, 0) is 23.3 Å². The Hall–Kier alpha value is -2.73. The first kappa shape index (κ1) is 18.1. The van der Waals surface area contributed by atoms with E-state index < -0.39 is 0 Å². The van der Waals surface area contributed by atoms with Crippen molar-refractivity contribution in [2.45, 2.75) is 19.6 Å². The van der Waals surface area contributed by atoms with Crippen molar-refractivity contribution in [3.05, 3.63) is 53.6 Å². The van der Waals surface area contributed by atoms with Gasteiger partial charge in [-0.3, -0.25) is 4.99 Å². The molecule has 0 fully saturated rings. The molecular weight excluding hydrogens is 330 g/mol. The van der Waals surface area contributed by atoms with Gasteiger partial charge in [0.05, 0.1) is 19.8 Å². The van der Waals surface area contributed by atoms with Gasteiger partial charge in [0.2, 0.25) is 0 Å². The van der Waals surface area contributed by atoms with Gasteiger partial charge < -0.3 is 24.8 Å². The molecule has 0 aliphatic carbocycles. The summed E-state index contributed by atoms with van der Waals surface area (Å²) in [6, 6.07) is 14.1. The second kappa shape index (κ2) is 9.10. The molecule has 138 valence electrons. The zero-order chi connectivity index (χ0) is 18.2. The Kier molecular flexibility index (Phi) is 6.33. The molecule has 0 amide bonds. The predicted molar refractivity (Wildman–Crippen MR) is 103 cm³/mol. The Morgan fingerprint density at radius 1 is 1.04 bits per heavy atom. The van der Waals surface area contributed by atoms with Gasteiger partial charge in [-0.1, -0.05) is 24.3 Å². The third-order valence-electron chi connectivity index (χ3n) is 4.03. The van der Waals surface area contributed by atoms with Crippen molar-refractivity contribution in [3.63, 3.8) is 0 Å². The van der Waals surface area contributed by atoms with Crippen LogP contribution in [0.4, 0.5) is 5.69 Å². The van der Waals surface area contributed by atoms with E-state index in [1.54, 1.807) is 14.2 Å². The summed E-state index contributed by atoms with van der Waals surface area (Å²) < 4.78 is 16.5. The molecule has 3 rings (SSSR count). The lowest BCUT2D eigenvalue weighted by atomic mass is 10.1. The van der Waals surface area contributed by atoms with Crippen LogP contribution in [0.15, 0.2) is 47.5 Å². The van der Waals surface area contributed by atoms with Crippen molar-refractivity contribution in [1.29, 1.82) is 0 Å². The molecule has 6 nitrogen and oxygen atoms in total. The van der Waals surface area contributed by atoms with Crippen molar-refractivity contribution < 1.29 is 14.2 Å². The van der Waals surface area contributed by atoms with Gasteiger partial charge >= 0.3 is 0 Å². The maximum atomic E-state index is 5.73. The lowest BCUT2D eigenvalue weighted by Crippen LogP contribution is -2.30. The monoisotopic (exact) mass is 355 g/mol. The minimum Gasteiger partial charge on any atom is -0.490 e. The van der Waals surface area contributed by atoms with Gasteiger partial charge in [0, 0.05) is 38.9 Å². The fraction of sp³-hybridized carbons (Fsp3) is 0.350. The van der Waals surface area contributed by atoms with Crippen molar-refractivity contribution >= 4 is 11.6 Å². The van der Waals surface area contributed by atoms with Crippen LogP contribution in [0, 0.1) is 0 Å². The number of hydrogen-bond donors (Lipinski definition) is 2. The Bertz CT molecular complexity index is 744. The third-order valence-corrected chi connectivity index (χ3v) is 4.03. The molecule has 2 N–H and O–H groups in total. The van der Waals surface area contributed by atoms with Gasteiger partial charge in [0.25, 0.3) is 0 Å². The van der Waals surface area contributed by atoms with Crippen LogP contribution in [0.1, 0.15) is 17.5 Å². The Balaban J connectivity index is 1.58. The first-order valence-electron chi connectivity index (χ1n) is 8.72. The van der Waals surface area contributed by atoms with E-state index in [0.29, 0.717) is 32.3 Å². The first-order valence-corrected chi connectivity index (χ1v) is 8.72. The largest absolute Gasteiger partial charge is 0.490 e. The summed E-state index contributed by atoms with van der Waals surface area (Å²) in [5.74, 6) is 2.24. The summed E-state index contributed by atoms with van der Waals surface area (Å²) in [7, 11) is 3.45. The molecule has 26 heavy (non-hydrogen) atoms. The van der Waals surface area contributed by atoms with Crippen molar-refractivity contribution in [3.8, 4) is 11.5 Å². The van der Waals surface area contributed by atoms with Gasteiger partial charge in [0.1, 0.15) is 0 Å². The van der Waals surface area contributed by atoms with Crippen molar-refractivity contribution in [1.82, 2.24) is 5.32 Å². The minimum atomic E-state index is 0.626. The molecule has 0 spiro atoms. The Labute approximate surface area is 154 Å².